The Hall–Kier alpha value is -1.64. The molecule has 1 heterocycles. The molecular weight excluding hydrogens is 417 g/mol. The lowest BCUT2D eigenvalue weighted by Crippen LogP contribution is -2.82. The molecule has 1 aliphatic heterocycles. The highest BCUT2D eigenvalue weighted by atomic mass is 19.4. The molecule has 27 heavy (non-hydrogen) atoms. The summed E-state index contributed by atoms with van der Waals surface area (Å²) in [5.41, 5.74) is -10.4. The summed E-state index contributed by atoms with van der Waals surface area (Å²) in [6.07, 6.45) is -22.9. The number of carbonyl (C=O) groups is 1. The molecule has 1 saturated heterocycles. The Labute approximate surface area is 142 Å². The van der Waals surface area contributed by atoms with Gasteiger partial charge in [-0.2, -0.15) is 48.3 Å². The van der Waals surface area contributed by atoms with E-state index in [-0.39, 0.29) is 6.08 Å². The van der Waals surface area contributed by atoms with Crippen LogP contribution in [0, 0.1) is 0 Å². The molecule has 4 nitrogen and oxygen atoms in total. The van der Waals surface area contributed by atoms with Crippen LogP contribution in [0.4, 0.5) is 48.3 Å². The van der Waals surface area contributed by atoms with E-state index in [1.165, 1.54) is 0 Å². The maximum atomic E-state index is 14.3. The van der Waals surface area contributed by atoms with Gasteiger partial charge in [0.15, 0.2) is 5.60 Å². The van der Waals surface area contributed by atoms with Crippen LogP contribution in [0.3, 0.4) is 0 Å². The van der Waals surface area contributed by atoms with Crippen molar-refractivity contribution in [2.75, 3.05) is 0 Å². The van der Waals surface area contributed by atoms with Crippen molar-refractivity contribution in [3.8, 4) is 0 Å². The molecule has 0 aromatic heterocycles. The van der Waals surface area contributed by atoms with E-state index in [0.29, 0.717) is 0 Å². The summed E-state index contributed by atoms with van der Waals surface area (Å²) in [6, 6.07) is 0. The van der Waals surface area contributed by atoms with Crippen LogP contribution in [0.5, 0.6) is 0 Å². The fourth-order valence-corrected chi connectivity index (χ4v) is 2.33. The fraction of sp³-hybridized carbons (Fsp3) is 0.750. The lowest BCUT2D eigenvalue weighted by Gasteiger charge is -2.55. The van der Waals surface area contributed by atoms with Crippen molar-refractivity contribution in [2.45, 2.75) is 54.8 Å². The van der Waals surface area contributed by atoms with E-state index in [1.807, 2.05) is 0 Å². The van der Waals surface area contributed by atoms with Crippen molar-refractivity contribution in [3.05, 3.63) is 12.7 Å². The number of hydrogen-bond acceptors (Lipinski definition) is 4. The van der Waals surface area contributed by atoms with Crippen LogP contribution in [0.1, 0.15) is 13.3 Å². The van der Waals surface area contributed by atoms with E-state index in [2.05, 4.69) is 16.1 Å². The topological polar surface area (TPSA) is 55.8 Å². The van der Waals surface area contributed by atoms with Crippen molar-refractivity contribution in [3.63, 3.8) is 0 Å². The Kier molecular flexibility index (Phi) is 5.14. The maximum absolute atomic E-state index is 14.3. The van der Waals surface area contributed by atoms with Crippen LogP contribution in [-0.2, 0) is 14.3 Å². The number of aliphatic hydroxyl groups is 1. The third-order valence-electron chi connectivity index (χ3n) is 3.78. The standard InChI is InChI=1S/C12H9F11O4/c1-3-5(24)26-7(11(18,19)20)4-6(2,10(15,16)17)27-9(25,8(7,13)14)12(21,22)23/h3,25H,1,4H2,2H3. The molecule has 0 bridgehead atoms. The van der Waals surface area contributed by atoms with Gasteiger partial charge in [0.1, 0.15) is 0 Å². The molecule has 1 N–H and O–H groups in total. The molecule has 15 heteroatoms. The van der Waals surface area contributed by atoms with E-state index in [4.69, 9.17) is 0 Å². The molecule has 0 amide bonds. The van der Waals surface area contributed by atoms with Gasteiger partial charge in [0, 0.05) is 12.5 Å². The molecule has 0 spiro atoms. The van der Waals surface area contributed by atoms with Gasteiger partial charge in [-0.15, -0.1) is 0 Å². The van der Waals surface area contributed by atoms with E-state index in [9.17, 15) is 58.2 Å². The van der Waals surface area contributed by atoms with Crippen LogP contribution in [0.25, 0.3) is 0 Å². The van der Waals surface area contributed by atoms with E-state index in [1.54, 1.807) is 0 Å². The highest BCUT2D eigenvalue weighted by molar-refractivity contribution is 5.81. The molecule has 1 aliphatic rings. The number of hydrogen-bond donors (Lipinski definition) is 1. The van der Waals surface area contributed by atoms with Crippen LogP contribution in [0.2, 0.25) is 0 Å². The maximum Gasteiger partial charge on any atom is 0.449 e. The number of carbonyl (C=O) groups excluding carboxylic acids is 1. The van der Waals surface area contributed by atoms with E-state index >= 15 is 0 Å². The first-order chi connectivity index (χ1) is 11.6. The summed E-state index contributed by atoms with van der Waals surface area (Å²) in [4.78, 5) is 11.1. The van der Waals surface area contributed by atoms with Crippen LogP contribution in [0.15, 0.2) is 12.7 Å². The number of esters is 1. The zero-order valence-electron chi connectivity index (χ0n) is 12.8. The summed E-state index contributed by atoms with van der Waals surface area (Å²) in [5, 5.41) is 9.20. The van der Waals surface area contributed by atoms with Gasteiger partial charge in [-0.05, 0) is 6.92 Å². The quantitative estimate of drug-likeness (QED) is 0.416. The van der Waals surface area contributed by atoms with Gasteiger partial charge in [0.05, 0.1) is 0 Å². The molecule has 1 fully saturated rings. The molecule has 3 atom stereocenters. The lowest BCUT2D eigenvalue weighted by molar-refractivity contribution is -0.534. The van der Waals surface area contributed by atoms with Gasteiger partial charge < -0.3 is 14.6 Å². The highest BCUT2D eigenvalue weighted by Crippen LogP contribution is 2.64. The minimum absolute atomic E-state index is 0.198. The predicted octanol–water partition coefficient (Wildman–Crippen LogP) is 3.64. The molecule has 1 rings (SSSR count). The van der Waals surface area contributed by atoms with Crippen LogP contribution >= 0.6 is 0 Å². The molecule has 0 radical (unpaired) electrons. The van der Waals surface area contributed by atoms with Gasteiger partial charge in [0.2, 0.25) is 0 Å². The second-order valence-corrected chi connectivity index (χ2v) is 5.67. The molecule has 158 valence electrons. The Morgan fingerprint density at radius 1 is 1.04 bits per heavy atom. The van der Waals surface area contributed by atoms with Crippen molar-refractivity contribution < 1.29 is 67.7 Å². The van der Waals surface area contributed by atoms with Crippen LogP contribution in [-0.4, -0.2) is 52.5 Å². The van der Waals surface area contributed by atoms with E-state index < -0.39 is 60.8 Å². The number of ether oxygens (including phenoxy) is 2. The largest absolute Gasteiger partial charge is 0.449 e. The lowest BCUT2D eigenvalue weighted by atomic mass is 9.74. The molecule has 0 aromatic rings. The third-order valence-corrected chi connectivity index (χ3v) is 3.78. The van der Waals surface area contributed by atoms with Crippen molar-refractivity contribution in [1.82, 2.24) is 0 Å². The normalized spacial score (nSPS) is 34.9. The second-order valence-electron chi connectivity index (χ2n) is 5.67. The summed E-state index contributed by atoms with van der Waals surface area (Å²) < 4.78 is 153. The summed E-state index contributed by atoms with van der Waals surface area (Å²) in [5.74, 6) is -15.4. The number of alkyl halides is 11. The Morgan fingerprint density at radius 2 is 1.48 bits per heavy atom. The summed E-state index contributed by atoms with van der Waals surface area (Å²) >= 11 is 0. The van der Waals surface area contributed by atoms with E-state index in [0.717, 1.165) is 0 Å². The predicted molar refractivity (Wildman–Crippen MR) is 61.2 cm³/mol. The molecule has 0 aromatic carbocycles. The van der Waals surface area contributed by atoms with Crippen molar-refractivity contribution in [2.24, 2.45) is 0 Å². The van der Waals surface area contributed by atoms with Crippen molar-refractivity contribution in [1.29, 1.82) is 0 Å². The van der Waals surface area contributed by atoms with Gasteiger partial charge in [-0.1, -0.05) is 6.58 Å². The summed E-state index contributed by atoms with van der Waals surface area (Å²) in [6.45, 7) is 2.09. The molecule has 0 saturated carbocycles. The highest BCUT2D eigenvalue weighted by Gasteiger charge is 2.91. The van der Waals surface area contributed by atoms with Gasteiger partial charge in [-0.25, -0.2) is 4.79 Å². The number of rotatable bonds is 2. The zero-order valence-corrected chi connectivity index (χ0v) is 12.8. The molecule has 0 aliphatic carbocycles. The number of halogens is 11. The van der Waals surface area contributed by atoms with Gasteiger partial charge in [0.25, 0.3) is 5.60 Å². The SMILES string of the molecule is C=CC(=O)OC1(C(F)(F)F)CC(C)(C(F)(F)F)OC(O)(C(F)(F)F)C1(F)F. The zero-order chi connectivity index (χ0) is 21.9. The Bertz CT molecular complexity index is 622. The Morgan fingerprint density at radius 3 is 1.78 bits per heavy atom. The first kappa shape index (κ1) is 23.4. The first-order valence-electron chi connectivity index (χ1n) is 6.48. The molecular formula is C12H9F11O4. The first-order valence-corrected chi connectivity index (χ1v) is 6.48. The van der Waals surface area contributed by atoms with Crippen LogP contribution < -0.4 is 0 Å². The van der Waals surface area contributed by atoms with Gasteiger partial charge in [-0.3, -0.25) is 0 Å². The smallest absolute Gasteiger partial charge is 0.439 e. The average Bonchev–Trinajstić information content (AvgIpc) is 2.40. The third kappa shape index (κ3) is 3.13. The Balaban J connectivity index is 3.97. The fourth-order valence-electron chi connectivity index (χ4n) is 2.33. The molecule has 3 unspecified atom stereocenters. The minimum atomic E-state index is -6.86. The second kappa shape index (κ2) is 5.93. The van der Waals surface area contributed by atoms with Gasteiger partial charge >= 0.3 is 36.2 Å². The monoisotopic (exact) mass is 426 g/mol. The van der Waals surface area contributed by atoms with Crippen molar-refractivity contribution >= 4 is 5.97 Å². The average molecular weight is 426 g/mol. The summed E-state index contributed by atoms with van der Waals surface area (Å²) in [7, 11) is 0. The minimum Gasteiger partial charge on any atom is -0.439 e.